The van der Waals surface area contributed by atoms with E-state index in [2.05, 4.69) is 4.98 Å². The lowest BCUT2D eigenvalue weighted by Gasteiger charge is -2.21. The largest absolute Gasteiger partial charge is 0.341 e. The van der Waals surface area contributed by atoms with Crippen molar-refractivity contribution in [2.45, 2.75) is 25.8 Å². The van der Waals surface area contributed by atoms with Crippen molar-refractivity contribution in [2.75, 3.05) is 13.1 Å². The van der Waals surface area contributed by atoms with Crippen molar-refractivity contribution in [3.05, 3.63) is 30.6 Å². The van der Waals surface area contributed by atoms with Crippen LogP contribution in [0.4, 0.5) is 0 Å². The Morgan fingerprint density at radius 1 is 1.28 bits per heavy atom. The third-order valence-corrected chi connectivity index (χ3v) is 3.67. The number of carbonyl (C=O) groups excluding carboxylic acids is 1. The van der Waals surface area contributed by atoms with Crippen LogP contribution >= 0.6 is 0 Å². The van der Waals surface area contributed by atoms with Gasteiger partial charge in [-0.25, -0.2) is 4.98 Å². The molecule has 0 spiro atoms. The van der Waals surface area contributed by atoms with Gasteiger partial charge in [0.1, 0.15) is 6.04 Å². The lowest BCUT2D eigenvalue weighted by Crippen LogP contribution is -2.33. The molecular weight excluding hydrogens is 226 g/mol. The van der Waals surface area contributed by atoms with E-state index in [1.807, 2.05) is 40.7 Å². The van der Waals surface area contributed by atoms with Crippen molar-refractivity contribution in [1.29, 1.82) is 0 Å². The van der Waals surface area contributed by atoms with E-state index >= 15 is 0 Å². The van der Waals surface area contributed by atoms with Crippen molar-refractivity contribution in [2.24, 2.45) is 0 Å². The van der Waals surface area contributed by atoms with Crippen molar-refractivity contribution in [3.8, 4) is 0 Å². The molecule has 4 nitrogen and oxygen atoms in total. The second-order valence-electron chi connectivity index (χ2n) is 4.85. The Labute approximate surface area is 106 Å². The van der Waals surface area contributed by atoms with Gasteiger partial charge in [-0.05, 0) is 31.9 Å². The first kappa shape index (κ1) is 11.3. The van der Waals surface area contributed by atoms with Crippen molar-refractivity contribution in [3.63, 3.8) is 0 Å². The van der Waals surface area contributed by atoms with Crippen LogP contribution in [0.3, 0.4) is 0 Å². The van der Waals surface area contributed by atoms with Gasteiger partial charge in [0.2, 0.25) is 5.91 Å². The molecule has 94 valence electrons. The van der Waals surface area contributed by atoms with Crippen LogP contribution in [0.1, 0.15) is 25.8 Å². The number of para-hydroxylation sites is 2. The SMILES string of the molecule is C[C@@H](C(=O)N1CCCC1)n1cnc2ccccc21. The number of aromatic nitrogens is 2. The van der Waals surface area contributed by atoms with E-state index in [1.54, 1.807) is 6.33 Å². The monoisotopic (exact) mass is 243 g/mol. The molecule has 0 aliphatic carbocycles. The van der Waals surface area contributed by atoms with Crippen molar-refractivity contribution >= 4 is 16.9 Å². The first-order valence-electron chi connectivity index (χ1n) is 6.48. The van der Waals surface area contributed by atoms with Gasteiger partial charge in [-0.15, -0.1) is 0 Å². The summed E-state index contributed by atoms with van der Waals surface area (Å²) in [5.41, 5.74) is 1.97. The van der Waals surface area contributed by atoms with Crippen LogP contribution in [-0.2, 0) is 4.79 Å². The Morgan fingerprint density at radius 2 is 2.00 bits per heavy atom. The summed E-state index contributed by atoms with van der Waals surface area (Å²) in [7, 11) is 0. The highest BCUT2D eigenvalue weighted by atomic mass is 16.2. The molecule has 1 fully saturated rings. The fourth-order valence-corrected chi connectivity index (χ4v) is 2.61. The van der Waals surface area contributed by atoms with Gasteiger partial charge in [-0.3, -0.25) is 4.79 Å². The minimum Gasteiger partial charge on any atom is -0.341 e. The number of nitrogens with zero attached hydrogens (tertiary/aromatic N) is 3. The molecule has 0 bridgehead atoms. The summed E-state index contributed by atoms with van der Waals surface area (Å²) in [4.78, 5) is 18.7. The Hall–Kier alpha value is -1.84. The maximum absolute atomic E-state index is 12.4. The molecule has 1 saturated heterocycles. The molecule has 1 aliphatic rings. The predicted molar refractivity (Wildman–Crippen MR) is 70.3 cm³/mol. The normalized spacial score (nSPS) is 17.3. The zero-order chi connectivity index (χ0) is 12.5. The molecule has 2 heterocycles. The summed E-state index contributed by atoms with van der Waals surface area (Å²) in [5, 5.41) is 0. The topological polar surface area (TPSA) is 38.1 Å². The van der Waals surface area contributed by atoms with E-state index < -0.39 is 0 Å². The summed E-state index contributed by atoms with van der Waals surface area (Å²) >= 11 is 0. The van der Waals surface area contributed by atoms with Gasteiger partial charge >= 0.3 is 0 Å². The number of rotatable bonds is 2. The second-order valence-corrected chi connectivity index (χ2v) is 4.85. The molecule has 3 rings (SSSR count). The molecule has 0 radical (unpaired) electrons. The lowest BCUT2D eigenvalue weighted by atomic mass is 10.2. The van der Waals surface area contributed by atoms with Gasteiger partial charge in [0, 0.05) is 13.1 Å². The number of amides is 1. The highest BCUT2D eigenvalue weighted by Gasteiger charge is 2.25. The van der Waals surface area contributed by atoms with Crippen molar-refractivity contribution < 1.29 is 4.79 Å². The number of benzene rings is 1. The number of fused-ring (bicyclic) bond motifs is 1. The van der Waals surface area contributed by atoms with E-state index in [1.165, 1.54) is 0 Å². The minimum atomic E-state index is -0.171. The van der Waals surface area contributed by atoms with Crippen LogP contribution in [0.2, 0.25) is 0 Å². The maximum Gasteiger partial charge on any atom is 0.245 e. The van der Waals surface area contributed by atoms with Crippen LogP contribution in [0.25, 0.3) is 11.0 Å². The summed E-state index contributed by atoms with van der Waals surface area (Å²) in [6.45, 7) is 3.75. The fraction of sp³-hybridized carbons (Fsp3) is 0.429. The second kappa shape index (κ2) is 4.44. The Balaban J connectivity index is 1.91. The predicted octanol–water partition coefficient (Wildman–Crippen LogP) is 2.22. The molecule has 1 atom stereocenters. The number of hydrogen-bond acceptors (Lipinski definition) is 2. The molecule has 2 aromatic rings. The summed E-state index contributed by atoms with van der Waals surface area (Å²) in [6, 6.07) is 7.75. The molecular formula is C14H17N3O. The molecule has 0 unspecified atom stereocenters. The van der Waals surface area contributed by atoms with Crippen molar-refractivity contribution in [1.82, 2.24) is 14.5 Å². The van der Waals surface area contributed by atoms with Crippen LogP contribution in [0.5, 0.6) is 0 Å². The average molecular weight is 243 g/mol. The Morgan fingerprint density at radius 3 is 2.78 bits per heavy atom. The Kier molecular flexibility index (Phi) is 2.78. The molecule has 0 N–H and O–H groups in total. The van der Waals surface area contributed by atoms with E-state index in [0.29, 0.717) is 0 Å². The maximum atomic E-state index is 12.4. The minimum absolute atomic E-state index is 0.171. The number of hydrogen-bond donors (Lipinski definition) is 0. The summed E-state index contributed by atoms with van der Waals surface area (Å²) in [6.07, 6.45) is 4.02. The number of imidazole rings is 1. The standard InChI is InChI=1S/C14H17N3O/c1-11(14(18)16-8-4-5-9-16)17-10-15-12-6-2-3-7-13(12)17/h2-3,6-7,10-11H,4-5,8-9H2,1H3/t11-/m0/s1. The summed E-state index contributed by atoms with van der Waals surface area (Å²) < 4.78 is 1.97. The molecule has 0 saturated carbocycles. The van der Waals surface area contributed by atoms with Gasteiger partial charge in [0.05, 0.1) is 17.4 Å². The van der Waals surface area contributed by atoms with E-state index in [0.717, 1.165) is 37.0 Å². The van der Waals surface area contributed by atoms with E-state index in [4.69, 9.17) is 0 Å². The van der Waals surface area contributed by atoms with Crippen LogP contribution in [0.15, 0.2) is 30.6 Å². The van der Waals surface area contributed by atoms with Gasteiger partial charge < -0.3 is 9.47 Å². The van der Waals surface area contributed by atoms with Crippen LogP contribution in [0, 0.1) is 0 Å². The Bertz CT molecular complexity index is 569. The van der Waals surface area contributed by atoms with Crippen LogP contribution in [-0.4, -0.2) is 33.4 Å². The molecule has 18 heavy (non-hydrogen) atoms. The highest BCUT2D eigenvalue weighted by molar-refractivity contribution is 5.83. The number of carbonyl (C=O) groups is 1. The molecule has 1 aromatic carbocycles. The van der Waals surface area contributed by atoms with E-state index in [9.17, 15) is 4.79 Å². The molecule has 1 amide bonds. The number of likely N-dealkylation sites (tertiary alicyclic amines) is 1. The van der Waals surface area contributed by atoms with Gasteiger partial charge in [-0.2, -0.15) is 0 Å². The third kappa shape index (κ3) is 1.78. The summed E-state index contributed by atoms with van der Waals surface area (Å²) in [5.74, 6) is 0.204. The molecule has 1 aromatic heterocycles. The third-order valence-electron chi connectivity index (χ3n) is 3.67. The molecule has 4 heteroatoms. The van der Waals surface area contributed by atoms with Crippen LogP contribution < -0.4 is 0 Å². The molecule has 1 aliphatic heterocycles. The van der Waals surface area contributed by atoms with E-state index in [-0.39, 0.29) is 11.9 Å². The zero-order valence-corrected chi connectivity index (χ0v) is 10.5. The smallest absolute Gasteiger partial charge is 0.245 e. The zero-order valence-electron chi connectivity index (χ0n) is 10.5. The first-order chi connectivity index (χ1) is 8.77. The fourth-order valence-electron chi connectivity index (χ4n) is 2.61. The van der Waals surface area contributed by atoms with Gasteiger partial charge in [-0.1, -0.05) is 12.1 Å². The lowest BCUT2D eigenvalue weighted by molar-refractivity contribution is -0.133. The first-order valence-corrected chi connectivity index (χ1v) is 6.48. The quantitative estimate of drug-likeness (QED) is 0.811. The van der Waals surface area contributed by atoms with Gasteiger partial charge in [0.25, 0.3) is 0 Å². The average Bonchev–Trinajstić information content (AvgIpc) is 3.06. The van der Waals surface area contributed by atoms with Gasteiger partial charge in [0.15, 0.2) is 0 Å². The highest BCUT2D eigenvalue weighted by Crippen LogP contribution is 2.20.